The molecule has 0 aliphatic heterocycles. The number of aromatic hydroxyl groups is 1. The quantitative estimate of drug-likeness (QED) is 0.400. The van der Waals surface area contributed by atoms with Crippen molar-refractivity contribution in [2.45, 2.75) is 12.8 Å². The number of benzene rings is 3. The lowest BCUT2D eigenvalue weighted by Gasteiger charge is -2.07. The summed E-state index contributed by atoms with van der Waals surface area (Å²) in [5.41, 5.74) is 5.88. The number of phenols is 1. The zero-order valence-electron chi connectivity index (χ0n) is 14.9. The van der Waals surface area contributed by atoms with E-state index in [2.05, 4.69) is 26.5 Å². The van der Waals surface area contributed by atoms with Crippen LogP contribution in [0.4, 0.5) is 0 Å². The number of phenolic OH excluding ortho intramolecular Hbond substituents is 1. The molecule has 3 rings (SSSR count). The number of carbonyl (C=O) groups excluding carboxylic acids is 1. The number of amides is 1. The van der Waals surface area contributed by atoms with Crippen LogP contribution in [0.15, 0.2) is 76.3 Å². The minimum atomic E-state index is -0.231. The van der Waals surface area contributed by atoms with Crippen molar-refractivity contribution in [2.75, 3.05) is 0 Å². The predicted molar refractivity (Wildman–Crippen MR) is 116 cm³/mol. The Balaban J connectivity index is 1.63. The van der Waals surface area contributed by atoms with Gasteiger partial charge in [0.25, 0.3) is 0 Å². The van der Waals surface area contributed by atoms with Gasteiger partial charge in [-0.1, -0.05) is 63.9 Å². The van der Waals surface area contributed by atoms with Gasteiger partial charge in [-0.05, 0) is 53.4 Å². The van der Waals surface area contributed by atoms with Crippen LogP contribution in [0.1, 0.15) is 22.3 Å². The molecule has 2 N–H and O–H groups in total. The van der Waals surface area contributed by atoms with Crippen molar-refractivity contribution >= 4 is 39.7 Å². The van der Waals surface area contributed by atoms with Crippen LogP contribution in [0.25, 0.3) is 0 Å². The van der Waals surface area contributed by atoms with Crippen LogP contribution < -0.4 is 5.43 Å². The number of nitrogens with one attached hydrogen (secondary N) is 1. The van der Waals surface area contributed by atoms with E-state index in [0.29, 0.717) is 17.0 Å². The molecule has 28 heavy (non-hydrogen) atoms. The number of rotatable bonds is 6. The maximum absolute atomic E-state index is 12.0. The molecule has 0 aliphatic carbocycles. The van der Waals surface area contributed by atoms with Gasteiger partial charge >= 0.3 is 0 Å². The van der Waals surface area contributed by atoms with Gasteiger partial charge in [0.2, 0.25) is 5.91 Å². The highest BCUT2D eigenvalue weighted by atomic mass is 79.9. The highest BCUT2D eigenvalue weighted by Crippen LogP contribution is 2.22. The summed E-state index contributed by atoms with van der Waals surface area (Å²) in [4.78, 5) is 12.0. The summed E-state index contributed by atoms with van der Waals surface area (Å²) in [5.74, 6) is -0.140. The van der Waals surface area contributed by atoms with Gasteiger partial charge in [-0.2, -0.15) is 5.10 Å². The van der Waals surface area contributed by atoms with Crippen LogP contribution in [0.5, 0.6) is 5.75 Å². The average Bonchev–Trinajstić information content (AvgIpc) is 2.68. The molecule has 1 amide bonds. The third kappa shape index (κ3) is 5.68. The molecule has 3 aromatic carbocycles. The van der Waals surface area contributed by atoms with E-state index in [1.807, 2.05) is 60.7 Å². The molecule has 142 valence electrons. The first-order valence-electron chi connectivity index (χ1n) is 8.63. The van der Waals surface area contributed by atoms with E-state index in [-0.39, 0.29) is 18.1 Å². The van der Waals surface area contributed by atoms with E-state index in [9.17, 15) is 9.90 Å². The molecular formula is C22H18BrClN2O2. The third-order valence-electron chi connectivity index (χ3n) is 4.12. The Morgan fingerprint density at radius 1 is 1.07 bits per heavy atom. The van der Waals surface area contributed by atoms with Gasteiger partial charge < -0.3 is 5.11 Å². The van der Waals surface area contributed by atoms with Crippen molar-refractivity contribution < 1.29 is 9.90 Å². The van der Waals surface area contributed by atoms with Crippen LogP contribution in [0.2, 0.25) is 5.02 Å². The van der Waals surface area contributed by atoms with Gasteiger partial charge in [-0.3, -0.25) is 4.79 Å². The Hall–Kier alpha value is -2.63. The van der Waals surface area contributed by atoms with Crippen LogP contribution >= 0.6 is 27.5 Å². The standard InChI is InChI=1S/C22H18BrClN2O2/c23-19-8-5-15(6-9-19)13-22(28)26-25-14-18-12-16(7-10-21(18)27)11-17-3-1-2-4-20(17)24/h1-10,12,14,27H,11,13H2,(H,26,28). The SMILES string of the molecule is O=C(Cc1ccc(Br)cc1)NN=Cc1cc(Cc2ccccc2Cl)ccc1O. The molecule has 0 heterocycles. The third-order valence-corrected chi connectivity index (χ3v) is 5.01. The van der Waals surface area contributed by atoms with Crippen molar-refractivity contribution in [3.8, 4) is 5.75 Å². The number of hydrogen-bond acceptors (Lipinski definition) is 3. The lowest BCUT2D eigenvalue weighted by atomic mass is 10.0. The van der Waals surface area contributed by atoms with Crippen molar-refractivity contribution in [2.24, 2.45) is 5.10 Å². The van der Waals surface area contributed by atoms with Gasteiger partial charge in [0.15, 0.2) is 0 Å². The molecule has 0 unspecified atom stereocenters. The Morgan fingerprint density at radius 3 is 2.54 bits per heavy atom. The van der Waals surface area contributed by atoms with Gasteiger partial charge in [-0.15, -0.1) is 0 Å². The molecule has 0 saturated heterocycles. The van der Waals surface area contributed by atoms with E-state index in [4.69, 9.17) is 11.6 Å². The van der Waals surface area contributed by atoms with Gasteiger partial charge in [-0.25, -0.2) is 5.43 Å². The Bertz CT molecular complexity index is 1000. The summed E-state index contributed by atoms with van der Waals surface area (Å²) in [7, 11) is 0. The highest BCUT2D eigenvalue weighted by molar-refractivity contribution is 9.10. The van der Waals surface area contributed by atoms with Crippen LogP contribution in [0.3, 0.4) is 0 Å². The van der Waals surface area contributed by atoms with Crippen LogP contribution in [-0.4, -0.2) is 17.2 Å². The zero-order valence-corrected chi connectivity index (χ0v) is 17.2. The predicted octanol–water partition coefficient (Wildman–Crippen LogP) is 5.09. The maximum atomic E-state index is 12.0. The van der Waals surface area contributed by atoms with E-state index in [0.717, 1.165) is 21.2 Å². The maximum Gasteiger partial charge on any atom is 0.244 e. The van der Waals surface area contributed by atoms with E-state index in [1.165, 1.54) is 6.21 Å². The molecule has 0 spiro atoms. The molecule has 0 fully saturated rings. The lowest BCUT2D eigenvalue weighted by Crippen LogP contribution is -2.19. The van der Waals surface area contributed by atoms with Crippen LogP contribution in [-0.2, 0) is 17.6 Å². The molecule has 4 nitrogen and oxygen atoms in total. The molecule has 0 saturated carbocycles. The summed E-state index contributed by atoms with van der Waals surface area (Å²) in [6.45, 7) is 0. The number of hydrazone groups is 1. The van der Waals surface area contributed by atoms with Crippen molar-refractivity contribution in [1.29, 1.82) is 0 Å². The van der Waals surface area contributed by atoms with Gasteiger partial charge in [0.05, 0.1) is 12.6 Å². The number of nitrogens with zero attached hydrogens (tertiary/aromatic N) is 1. The fourth-order valence-electron chi connectivity index (χ4n) is 2.68. The second-order valence-corrected chi connectivity index (χ2v) is 7.58. The number of carbonyl (C=O) groups is 1. The van der Waals surface area contributed by atoms with Crippen molar-refractivity contribution in [3.05, 3.63) is 98.5 Å². The summed E-state index contributed by atoms with van der Waals surface area (Å²) < 4.78 is 0.960. The fraction of sp³-hybridized carbons (Fsp3) is 0.0909. The number of halogens is 2. The normalized spacial score (nSPS) is 10.9. The molecule has 0 aromatic heterocycles. The summed E-state index contributed by atoms with van der Waals surface area (Å²) in [5, 5.41) is 14.7. The largest absolute Gasteiger partial charge is 0.507 e. The topological polar surface area (TPSA) is 61.7 Å². The molecular weight excluding hydrogens is 440 g/mol. The number of hydrogen-bond donors (Lipinski definition) is 2. The first kappa shape index (κ1) is 20.1. The second-order valence-electron chi connectivity index (χ2n) is 6.26. The highest BCUT2D eigenvalue weighted by Gasteiger charge is 2.06. The molecule has 0 aliphatic rings. The molecule has 0 radical (unpaired) electrons. The van der Waals surface area contributed by atoms with E-state index >= 15 is 0 Å². The minimum absolute atomic E-state index is 0.0915. The first-order valence-corrected chi connectivity index (χ1v) is 9.80. The monoisotopic (exact) mass is 456 g/mol. The zero-order chi connectivity index (χ0) is 19.9. The summed E-state index contributed by atoms with van der Waals surface area (Å²) in [6.07, 6.45) is 2.30. The second kappa shape index (κ2) is 9.53. The Kier molecular flexibility index (Phi) is 6.85. The molecule has 3 aromatic rings. The van der Waals surface area contributed by atoms with E-state index < -0.39 is 0 Å². The minimum Gasteiger partial charge on any atom is -0.507 e. The molecule has 0 bridgehead atoms. The lowest BCUT2D eigenvalue weighted by molar-refractivity contribution is -0.120. The van der Waals surface area contributed by atoms with Gasteiger partial charge in [0.1, 0.15) is 5.75 Å². The van der Waals surface area contributed by atoms with Gasteiger partial charge in [0, 0.05) is 15.1 Å². The molecule has 0 atom stereocenters. The van der Waals surface area contributed by atoms with Crippen LogP contribution in [0, 0.1) is 0 Å². The summed E-state index contributed by atoms with van der Waals surface area (Å²) >= 11 is 9.57. The average molecular weight is 458 g/mol. The van der Waals surface area contributed by atoms with Crippen molar-refractivity contribution in [3.63, 3.8) is 0 Å². The smallest absolute Gasteiger partial charge is 0.244 e. The fourth-order valence-corrected chi connectivity index (χ4v) is 3.15. The van der Waals surface area contributed by atoms with Crippen molar-refractivity contribution in [1.82, 2.24) is 5.43 Å². The summed E-state index contributed by atoms with van der Waals surface area (Å²) in [6, 6.07) is 20.4. The first-order chi connectivity index (χ1) is 13.5. The Morgan fingerprint density at radius 2 is 1.79 bits per heavy atom. The van der Waals surface area contributed by atoms with E-state index in [1.54, 1.807) is 6.07 Å². The molecule has 6 heteroatoms. The Labute approximate surface area is 177 Å².